The van der Waals surface area contributed by atoms with E-state index < -0.39 is 10.0 Å². The number of nitrogens with zero attached hydrogens (tertiary/aromatic N) is 1. The van der Waals surface area contributed by atoms with Crippen molar-refractivity contribution >= 4 is 10.0 Å². The predicted molar refractivity (Wildman–Crippen MR) is 87.5 cm³/mol. The summed E-state index contributed by atoms with van der Waals surface area (Å²) in [4.78, 5) is 0.220. The summed E-state index contributed by atoms with van der Waals surface area (Å²) < 4.78 is 33.2. The Kier molecular flexibility index (Phi) is 5.76. The van der Waals surface area contributed by atoms with E-state index in [0.717, 1.165) is 25.9 Å². The topological polar surface area (TPSA) is 91.2 Å². The Bertz CT molecular complexity index is 684. The van der Waals surface area contributed by atoms with Crippen LogP contribution in [0.25, 0.3) is 0 Å². The van der Waals surface area contributed by atoms with Crippen molar-refractivity contribution < 1.29 is 13.2 Å². The SMILES string of the molecule is COCC1(CNS(=O)(=O)c2ccc(C#N)cc2C)CCNCC1. The first-order valence-electron chi connectivity index (χ1n) is 7.63. The van der Waals surface area contributed by atoms with Crippen molar-refractivity contribution in [2.24, 2.45) is 5.41 Å². The van der Waals surface area contributed by atoms with Gasteiger partial charge in [0.2, 0.25) is 10.0 Å². The van der Waals surface area contributed by atoms with Crippen LogP contribution in [0.5, 0.6) is 0 Å². The van der Waals surface area contributed by atoms with Gasteiger partial charge in [-0.15, -0.1) is 0 Å². The summed E-state index contributed by atoms with van der Waals surface area (Å²) in [6.45, 7) is 4.31. The molecule has 0 radical (unpaired) electrons. The van der Waals surface area contributed by atoms with Gasteiger partial charge in [-0.05, 0) is 56.6 Å². The van der Waals surface area contributed by atoms with Crippen LogP contribution in [0.4, 0.5) is 0 Å². The number of sulfonamides is 1. The third-order valence-electron chi connectivity index (χ3n) is 4.35. The molecule has 0 aromatic heterocycles. The Balaban J connectivity index is 2.16. The van der Waals surface area contributed by atoms with Crippen molar-refractivity contribution in [1.29, 1.82) is 5.26 Å². The molecule has 0 unspecified atom stereocenters. The summed E-state index contributed by atoms with van der Waals surface area (Å²) in [5.41, 5.74) is 0.853. The smallest absolute Gasteiger partial charge is 0.240 e. The summed E-state index contributed by atoms with van der Waals surface area (Å²) in [6.07, 6.45) is 1.74. The zero-order valence-corrected chi connectivity index (χ0v) is 14.4. The van der Waals surface area contributed by atoms with E-state index in [1.165, 1.54) is 12.1 Å². The zero-order chi connectivity index (χ0) is 16.9. The normalized spacial score (nSPS) is 17.6. The summed E-state index contributed by atoms with van der Waals surface area (Å²) >= 11 is 0. The number of ether oxygens (including phenoxy) is 1. The molecule has 0 aliphatic carbocycles. The first kappa shape index (κ1) is 17.9. The molecule has 0 bridgehead atoms. The average Bonchev–Trinajstić information content (AvgIpc) is 2.54. The van der Waals surface area contributed by atoms with Gasteiger partial charge in [0.25, 0.3) is 0 Å². The zero-order valence-electron chi connectivity index (χ0n) is 13.6. The third kappa shape index (κ3) is 4.30. The fraction of sp³-hybridized carbons (Fsp3) is 0.562. The van der Waals surface area contributed by atoms with Crippen LogP contribution in [0.1, 0.15) is 24.0 Å². The van der Waals surface area contributed by atoms with E-state index in [9.17, 15) is 8.42 Å². The van der Waals surface area contributed by atoms with Crippen molar-refractivity contribution in [1.82, 2.24) is 10.0 Å². The van der Waals surface area contributed by atoms with Crippen LogP contribution in [0.3, 0.4) is 0 Å². The maximum Gasteiger partial charge on any atom is 0.240 e. The Labute approximate surface area is 137 Å². The van der Waals surface area contributed by atoms with Crippen LogP contribution in [0.15, 0.2) is 23.1 Å². The van der Waals surface area contributed by atoms with Gasteiger partial charge in [0.1, 0.15) is 0 Å². The molecular weight excluding hydrogens is 314 g/mol. The Morgan fingerprint density at radius 1 is 1.39 bits per heavy atom. The van der Waals surface area contributed by atoms with E-state index >= 15 is 0 Å². The number of piperidine rings is 1. The minimum atomic E-state index is -3.61. The number of rotatable bonds is 6. The number of benzene rings is 1. The highest BCUT2D eigenvalue weighted by atomic mass is 32.2. The largest absolute Gasteiger partial charge is 0.384 e. The molecule has 1 aromatic carbocycles. The van der Waals surface area contributed by atoms with Gasteiger partial charge in [0.15, 0.2) is 0 Å². The predicted octanol–water partition coefficient (Wildman–Crippen LogP) is 1.16. The lowest BCUT2D eigenvalue weighted by Crippen LogP contribution is -2.47. The average molecular weight is 337 g/mol. The van der Waals surface area contributed by atoms with Gasteiger partial charge in [0, 0.05) is 19.1 Å². The highest BCUT2D eigenvalue weighted by Crippen LogP contribution is 2.29. The monoisotopic (exact) mass is 337 g/mol. The molecule has 2 N–H and O–H groups in total. The Hall–Kier alpha value is -1.46. The molecule has 1 aliphatic heterocycles. The van der Waals surface area contributed by atoms with E-state index in [1.807, 2.05) is 6.07 Å². The van der Waals surface area contributed by atoms with Crippen LogP contribution < -0.4 is 10.0 Å². The second-order valence-corrected chi connectivity index (χ2v) is 7.84. The van der Waals surface area contributed by atoms with Crippen molar-refractivity contribution in [3.8, 4) is 6.07 Å². The molecule has 1 fully saturated rings. The van der Waals surface area contributed by atoms with Crippen LogP contribution in [-0.4, -0.2) is 41.8 Å². The van der Waals surface area contributed by atoms with Crippen molar-refractivity contribution in [2.45, 2.75) is 24.7 Å². The van der Waals surface area contributed by atoms with Gasteiger partial charge in [-0.25, -0.2) is 13.1 Å². The van der Waals surface area contributed by atoms with E-state index in [1.54, 1.807) is 20.1 Å². The van der Waals surface area contributed by atoms with Gasteiger partial charge in [0.05, 0.1) is 23.1 Å². The van der Waals surface area contributed by atoms with Crippen molar-refractivity contribution in [2.75, 3.05) is 33.4 Å². The number of methoxy groups -OCH3 is 1. The lowest BCUT2D eigenvalue weighted by atomic mass is 9.80. The van der Waals surface area contributed by atoms with E-state index in [4.69, 9.17) is 10.00 Å². The molecule has 6 nitrogen and oxygen atoms in total. The van der Waals surface area contributed by atoms with Crippen molar-refractivity contribution in [3.63, 3.8) is 0 Å². The van der Waals surface area contributed by atoms with Crippen LogP contribution in [0.2, 0.25) is 0 Å². The van der Waals surface area contributed by atoms with Crippen LogP contribution in [-0.2, 0) is 14.8 Å². The molecule has 1 heterocycles. The van der Waals surface area contributed by atoms with Crippen LogP contribution in [0, 0.1) is 23.7 Å². The number of nitrogens with one attached hydrogen (secondary N) is 2. The standard InChI is InChI=1S/C16H23N3O3S/c1-13-9-14(10-17)3-4-15(13)23(20,21)19-11-16(12-22-2)5-7-18-8-6-16/h3-4,9,18-19H,5-8,11-12H2,1-2H3. The second-order valence-electron chi connectivity index (χ2n) is 6.10. The van der Waals surface area contributed by atoms with E-state index in [0.29, 0.717) is 24.3 Å². The highest BCUT2D eigenvalue weighted by molar-refractivity contribution is 7.89. The first-order valence-corrected chi connectivity index (χ1v) is 9.11. The summed E-state index contributed by atoms with van der Waals surface area (Å²) in [5.74, 6) is 0. The summed E-state index contributed by atoms with van der Waals surface area (Å²) in [6, 6.07) is 6.61. The molecule has 0 amide bonds. The minimum Gasteiger partial charge on any atom is -0.384 e. The molecule has 7 heteroatoms. The number of hydrogen-bond acceptors (Lipinski definition) is 5. The lowest BCUT2D eigenvalue weighted by Gasteiger charge is -2.37. The number of hydrogen-bond donors (Lipinski definition) is 2. The fourth-order valence-corrected chi connectivity index (χ4v) is 4.36. The molecule has 1 aromatic rings. The van der Waals surface area contributed by atoms with Gasteiger partial charge < -0.3 is 10.1 Å². The van der Waals surface area contributed by atoms with Gasteiger partial charge in [-0.1, -0.05) is 0 Å². The molecule has 0 saturated carbocycles. The molecule has 126 valence electrons. The van der Waals surface area contributed by atoms with E-state index in [-0.39, 0.29) is 10.3 Å². The lowest BCUT2D eigenvalue weighted by molar-refractivity contribution is 0.0577. The van der Waals surface area contributed by atoms with E-state index in [2.05, 4.69) is 10.0 Å². The maximum absolute atomic E-state index is 12.6. The number of aryl methyl sites for hydroxylation is 1. The van der Waals surface area contributed by atoms with Gasteiger partial charge >= 0.3 is 0 Å². The third-order valence-corrected chi connectivity index (χ3v) is 5.91. The summed E-state index contributed by atoms with van der Waals surface area (Å²) in [7, 11) is -1.97. The molecule has 23 heavy (non-hydrogen) atoms. The van der Waals surface area contributed by atoms with Gasteiger partial charge in [-0.2, -0.15) is 5.26 Å². The quantitative estimate of drug-likeness (QED) is 0.813. The fourth-order valence-electron chi connectivity index (χ4n) is 2.98. The Morgan fingerprint density at radius 2 is 2.09 bits per heavy atom. The molecule has 1 aliphatic rings. The van der Waals surface area contributed by atoms with Crippen LogP contribution >= 0.6 is 0 Å². The highest BCUT2D eigenvalue weighted by Gasteiger charge is 2.33. The first-order chi connectivity index (χ1) is 10.9. The molecule has 0 atom stereocenters. The molecular formula is C16H23N3O3S. The maximum atomic E-state index is 12.6. The second kappa shape index (κ2) is 7.41. The van der Waals surface area contributed by atoms with Gasteiger partial charge in [-0.3, -0.25) is 0 Å². The summed E-state index contributed by atoms with van der Waals surface area (Å²) in [5, 5.41) is 12.2. The Morgan fingerprint density at radius 3 is 2.65 bits per heavy atom. The minimum absolute atomic E-state index is 0.173. The molecule has 1 saturated heterocycles. The molecule has 0 spiro atoms. The van der Waals surface area contributed by atoms with Crippen molar-refractivity contribution in [3.05, 3.63) is 29.3 Å². The number of nitriles is 1. The molecule has 2 rings (SSSR count).